The maximum absolute atomic E-state index is 5.64. The summed E-state index contributed by atoms with van der Waals surface area (Å²) < 4.78 is 0. The number of hydrogen-bond acceptors (Lipinski definition) is 3. The lowest BCUT2D eigenvalue weighted by Gasteiger charge is -2.18. The van der Waals surface area contributed by atoms with Crippen molar-refractivity contribution in [1.29, 1.82) is 0 Å². The van der Waals surface area contributed by atoms with Gasteiger partial charge in [0, 0.05) is 29.4 Å². The number of nitrogens with zero attached hydrogens (tertiary/aromatic N) is 1. The second-order valence-electron chi connectivity index (χ2n) is 4.88. The van der Waals surface area contributed by atoms with Crippen LogP contribution in [0.4, 0.5) is 0 Å². The minimum atomic E-state index is 0.763. The molecule has 1 aromatic rings. The van der Waals surface area contributed by atoms with Crippen LogP contribution in [0, 0.1) is 0 Å². The fourth-order valence-corrected chi connectivity index (χ4v) is 3.86. The molecule has 0 saturated heterocycles. The summed E-state index contributed by atoms with van der Waals surface area (Å²) in [6.45, 7) is 6.18. The van der Waals surface area contributed by atoms with Crippen LogP contribution in [0.5, 0.6) is 0 Å². The zero-order valence-corrected chi connectivity index (χ0v) is 11.7. The van der Waals surface area contributed by atoms with E-state index in [2.05, 4.69) is 17.9 Å². The largest absolute Gasteiger partial charge is 0.329 e. The Bertz CT molecular complexity index is 322. The van der Waals surface area contributed by atoms with Gasteiger partial charge in [0.1, 0.15) is 0 Å². The highest BCUT2D eigenvalue weighted by atomic mass is 32.1. The third-order valence-corrected chi connectivity index (χ3v) is 4.79. The van der Waals surface area contributed by atoms with Gasteiger partial charge in [-0.15, -0.1) is 11.3 Å². The number of rotatable bonds is 5. The Kier molecular flexibility index (Phi) is 5.01. The summed E-state index contributed by atoms with van der Waals surface area (Å²) in [5.41, 5.74) is 7.27. The minimum absolute atomic E-state index is 0.763. The first-order valence-corrected chi connectivity index (χ1v) is 7.68. The van der Waals surface area contributed by atoms with Gasteiger partial charge in [-0.1, -0.05) is 13.3 Å². The van der Waals surface area contributed by atoms with Crippen LogP contribution in [-0.2, 0) is 19.4 Å². The molecule has 0 aliphatic heterocycles. The molecule has 0 amide bonds. The molecule has 0 spiro atoms. The van der Waals surface area contributed by atoms with Crippen molar-refractivity contribution in [1.82, 2.24) is 4.90 Å². The predicted molar refractivity (Wildman–Crippen MR) is 75.6 cm³/mol. The van der Waals surface area contributed by atoms with Gasteiger partial charge in [-0.2, -0.15) is 0 Å². The van der Waals surface area contributed by atoms with E-state index in [-0.39, 0.29) is 0 Å². The van der Waals surface area contributed by atoms with E-state index in [0.29, 0.717) is 0 Å². The normalized spacial score (nSPS) is 15.9. The van der Waals surface area contributed by atoms with E-state index in [1.54, 1.807) is 10.4 Å². The Morgan fingerprint density at radius 2 is 2.12 bits per heavy atom. The summed E-state index contributed by atoms with van der Waals surface area (Å²) in [7, 11) is 0. The third kappa shape index (κ3) is 3.54. The van der Waals surface area contributed by atoms with E-state index in [1.807, 2.05) is 11.3 Å². The van der Waals surface area contributed by atoms with E-state index in [4.69, 9.17) is 5.73 Å². The van der Waals surface area contributed by atoms with Crippen LogP contribution in [0.2, 0.25) is 0 Å². The van der Waals surface area contributed by atoms with Crippen molar-refractivity contribution < 1.29 is 0 Å². The lowest BCUT2D eigenvalue weighted by molar-refractivity contribution is 0.290. The summed E-state index contributed by atoms with van der Waals surface area (Å²) in [4.78, 5) is 5.62. The summed E-state index contributed by atoms with van der Waals surface area (Å²) in [6.07, 6.45) is 6.78. The topological polar surface area (TPSA) is 29.3 Å². The molecule has 2 rings (SSSR count). The third-order valence-electron chi connectivity index (χ3n) is 3.57. The Morgan fingerprint density at radius 3 is 2.88 bits per heavy atom. The molecule has 1 aliphatic rings. The summed E-state index contributed by atoms with van der Waals surface area (Å²) in [6, 6.07) is 2.45. The molecular formula is C14H24N2S. The smallest absolute Gasteiger partial charge is 0.0328 e. The molecule has 0 fully saturated rings. The number of fused-ring (bicyclic) bond motifs is 1. The molecule has 0 unspecified atom stereocenters. The highest BCUT2D eigenvalue weighted by Gasteiger charge is 2.13. The van der Waals surface area contributed by atoms with E-state index in [1.165, 1.54) is 37.0 Å². The summed E-state index contributed by atoms with van der Waals surface area (Å²) in [5.74, 6) is 0. The number of hydrogen-bond donors (Lipinski definition) is 1. The average molecular weight is 252 g/mol. The maximum atomic E-state index is 5.64. The molecular weight excluding hydrogens is 228 g/mol. The van der Waals surface area contributed by atoms with Crippen molar-refractivity contribution in [2.45, 2.75) is 45.6 Å². The lowest BCUT2D eigenvalue weighted by Crippen LogP contribution is -2.28. The molecule has 0 aromatic carbocycles. The highest BCUT2D eigenvalue weighted by molar-refractivity contribution is 7.12. The second kappa shape index (κ2) is 6.53. The Hall–Kier alpha value is -0.380. The van der Waals surface area contributed by atoms with Crippen LogP contribution < -0.4 is 5.73 Å². The van der Waals surface area contributed by atoms with Crippen LogP contribution in [0.25, 0.3) is 0 Å². The van der Waals surface area contributed by atoms with Gasteiger partial charge in [-0.3, -0.25) is 4.90 Å². The number of likely N-dealkylation sites (N-methyl/N-ethyl adjacent to an activating group) is 1. The molecule has 1 heterocycles. The van der Waals surface area contributed by atoms with Gasteiger partial charge in [-0.25, -0.2) is 0 Å². The zero-order valence-electron chi connectivity index (χ0n) is 10.9. The van der Waals surface area contributed by atoms with Crippen LogP contribution >= 0.6 is 11.3 Å². The Morgan fingerprint density at radius 1 is 1.29 bits per heavy atom. The predicted octanol–water partition coefficient (Wildman–Crippen LogP) is 2.80. The number of thiophene rings is 1. The number of nitrogens with two attached hydrogens (primary N) is 1. The van der Waals surface area contributed by atoms with E-state index in [0.717, 1.165) is 26.2 Å². The average Bonchev–Trinajstić information content (AvgIpc) is 2.58. The molecule has 1 aliphatic carbocycles. The summed E-state index contributed by atoms with van der Waals surface area (Å²) >= 11 is 2.04. The second-order valence-corrected chi connectivity index (χ2v) is 6.10. The fraction of sp³-hybridized carbons (Fsp3) is 0.714. The highest BCUT2D eigenvalue weighted by Crippen LogP contribution is 2.29. The van der Waals surface area contributed by atoms with Crippen molar-refractivity contribution in [3.05, 3.63) is 21.4 Å². The molecule has 0 saturated carbocycles. The molecule has 2 nitrogen and oxygen atoms in total. The Labute approximate surface area is 109 Å². The zero-order chi connectivity index (χ0) is 12.1. The van der Waals surface area contributed by atoms with Crippen molar-refractivity contribution in [3.8, 4) is 0 Å². The van der Waals surface area contributed by atoms with E-state index < -0.39 is 0 Å². The molecule has 0 bridgehead atoms. The van der Waals surface area contributed by atoms with Crippen molar-refractivity contribution in [2.24, 2.45) is 5.73 Å². The van der Waals surface area contributed by atoms with Crippen molar-refractivity contribution in [2.75, 3.05) is 19.6 Å². The Balaban J connectivity index is 2.01. The monoisotopic (exact) mass is 252 g/mol. The van der Waals surface area contributed by atoms with Crippen LogP contribution in [-0.4, -0.2) is 24.5 Å². The van der Waals surface area contributed by atoms with E-state index >= 15 is 0 Å². The maximum Gasteiger partial charge on any atom is 0.0328 e. The number of aryl methyl sites for hydroxylation is 2. The first-order valence-electron chi connectivity index (χ1n) is 6.86. The molecule has 2 N–H and O–H groups in total. The minimum Gasteiger partial charge on any atom is -0.329 e. The standard InChI is InChI=1S/C14H24N2S/c1-2-16(9-8-15)11-13-10-12-6-4-3-5-7-14(12)17-13/h10H,2-9,11,15H2,1H3. The molecule has 1 aromatic heterocycles. The van der Waals surface area contributed by atoms with Crippen LogP contribution in [0.3, 0.4) is 0 Å². The first kappa shape index (κ1) is 13.1. The van der Waals surface area contributed by atoms with E-state index in [9.17, 15) is 0 Å². The molecule has 0 atom stereocenters. The van der Waals surface area contributed by atoms with Crippen molar-refractivity contribution in [3.63, 3.8) is 0 Å². The molecule has 17 heavy (non-hydrogen) atoms. The SMILES string of the molecule is CCN(CCN)Cc1cc2c(s1)CCCCC2. The lowest BCUT2D eigenvalue weighted by atomic mass is 10.1. The molecule has 96 valence electrons. The molecule has 3 heteroatoms. The quantitative estimate of drug-likeness (QED) is 0.817. The van der Waals surface area contributed by atoms with Gasteiger partial charge in [0.2, 0.25) is 0 Å². The van der Waals surface area contributed by atoms with Gasteiger partial charge in [0.05, 0.1) is 0 Å². The van der Waals surface area contributed by atoms with Crippen LogP contribution in [0.1, 0.15) is 41.5 Å². The molecule has 0 radical (unpaired) electrons. The van der Waals surface area contributed by atoms with Gasteiger partial charge in [0.25, 0.3) is 0 Å². The summed E-state index contributed by atoms with van der Waals surface area (Å²) in [5, 5.41) is 0. The van der Waals surface area contributed by atoms with Gasteiger partial charge in [-0.05, 0) is 43.9 Å². The fourth-order valence-electron chi connectivity index (χ4n) is 2.56. The van der Waals surface area contributed by atoms with Gasteiger partial charge >= 0.3 is 0 Å². The first-order chi connectivity index (χ1) is 8.33. The van der Waals surface area contributed by atoms with Gasteiger partial charge < -0.3 is 5.73 Å². The van der Waals surface area contributed by atoms with Gasteiger partial charge in [0.15, 0.2) is 0 Å². The van der Waals surface area contributed by atoms with Crippen molar-refractivity contribution >= 4 is 11.3 Å². The van der Waals surface area contributed by atoms with Crippen LogP contribution in [0.15, 0.2) is 6.07 Å².